The monoisotopic (exact) mass is 289 g/mol. The fourth-order valence-corrected chi connectivity index (χ4v) is 2.51. The Balaban J connectivity index is 2.04. The van der Waals surface area contributed by atoms with E-state index in [0.717, 1.165) is 29.2 Å². The van der Waals surface area contributed by atoms with Crippen LogP contribution in [0.2, 0.25) is 0 Å². The number of carbonyl (C=O) groups excluding carboxylic acids is 1. The van der Waals surface area contributed by atoms with Gasteiger partial charge in [-0.15, -0.1) is 11.3 Å². The molecule has 0 bridgehead atoms. The van der Waals surface area contributed by atoms with Gasteiger partial charge in [-0.3, -0.25) is 4.79 Å². The molecular formula is C15H19N3OS. The minimum atomic E-state index is -0.0325. The summed E-state index contributed by atoms with van der Waals surface area (Å²) in [6.07, 6.45) is 0.924. The van der Waals surface area contributed by atoms with Crippen molar-refractivity contribution in [2.75, 3.05) is 20.1 Å². The maximum Gasteiger partial charge on any atom is 0.251 e. The molecule has 0 aliphatic heterocycles. The van der Waals surface area contributed by atoms with Gasteiger partial charge in [-0.1, -0.05) is 12.1 Å². The topological polar surface area (TPSA) is 54.0 Å². The number of nitrogens with zero attached hydrogens (tertiary/aromatic N) is 1. The summed E-state index contributed by atoms with van der Waals surface area (Å²) >= 11 is 1.61. The number of aryl methyl sites for hydroxylation is 1. The minimum Gasteiger partial charge on any atom is -0.352 e. The van der Waals surface area contributed by atoms with Crippen molar-refractivity contribution >= 4 is 17.2 Å². The SMILES string of the molecule is CNCCCNC(=O)c1cccc(-c2csc(C)n2)c1. The van der Waals surface area contributed by atoms with Crippen molar-refractivity contribution in [1.29, 1.82) is 0 Å². The predicted molar refractivity (Wildman–Crippen MR) is 83.2 cm³/mol. The average Bonchev–Trinajstić information content (AvgIpc) is 2.90. The highest BCUT2D eigenvalue weighted by Crippen LogP contribution is 2.22. The second-order valence-corrected chi connectivity index (χ2v) is 5.61. The number of aromatic nitrogens is 1. The Morgan fingerprint density at radius 3 is 2.90 bits per heavy atom. The summed E-state index contributed by atoms with van der Waals surface area (Å²) in [4.78, 5) is 16.5. The minimum absolute atomic E-state index is 0.0325. The van der Waals surface area contributed by atoms with Gasteiger partial charge in [0.2, 0.25) is 0 Å². The van der Waals surface area contributed by atoms with E-state index in [-0.39, 0.29) is 5.91 Å². The highest BCUT2D eigenvalue weighted by atomic mass is 32.1. The van der Waals surface area contributed by atoms with Crippen LogP contribution in [-0.4, -0.2) is 31.0 Å². The van der Waals surface area contributed by atoms with E-state index in [1.807, 2.05) is 43.6 Å². The zero-order valence-electron chi connectivity index (χ0n) is 11.8. The van der Waals surface area contributed by atoms with Crippen LogP contribution in [0.3, 0.4) is 0 Å². The number of rotatable bonds is 6. The molecule has 0 aliphatic rings. The lowest BCUT2D eigenvalue weighted by molar-refractivity contribution is 0.0953. The lowest BCUT2D eigenvalue weighted by Crippen LogP contribution is -2.26. The molecule has 1 aromatic carbocycles. The van der Waals surface area contributed by atoms with E-state index in [1.165, 1.54) is 0 Å². The molecule has 20 heavy (non-hydrogen) atoms. The van der Waals surface area contributed by atoms with Gasteiger partial charge in [0.05, 0.1) is 10.7 Å². The lowest BCUT2D eigenvalue weighted by Gasteiger charge is -2.06. The molecule has 0 unspecified atom stereocenters. The van der Waals surface area contributed by atoms with Gasteiger partial charge in [-0.25, -0.2) is 4.98 Å². The summed E-state index contributed by atoms with van der Waals surface area (Å²) in [6, 6.07) is 7.59. The number of hydrogen-bond donors (Lipinski definition) is 2. The summed E-state index contributed by atoms with van der Waals surface area (Å²) in [5.74, 6) is -0.0325. The number of benzene rings is 1. The number of amides is 1. The molecule has 1 heterocycles. The van der Waals surface area contributed by atoms with Crippen molar-refractivity contribution in [2.24, 2.45) is 0 Å². The summed E-state index contributed by atoms with van der Waals surface area (Å²) in [5, 5.41) is 9.02. The molecule has 0 spiro atoms. The summed E-state index contributed by atoms with van der Waals surface area (Å²) in [5.41, 5.74) is 2.59. The number of hydrogen-bond acceptors (Lipinski definition) is 4. The maximum absolute atomic E-state index is 12.0. The molecule has 2 aromatic rings. The summed E-state index contributed by atoms with van der Waals surface area (Å²) in [6.45, 7) is 3.56. The molecule has 1 amide bonds. The zero-order valence-corrected chi connectivity index (χ0v) is 12.6. The largest absolute Gasteiger partial charge is 0.352 e. The van der Waals surface area contributed by atoms with Crippen LogP contribution in [0.25, 0.3) is 11.3 Å². The zero-order chi connectivity index (χ0) is 14.4. The van der Waals surface area contributed by atoms with Crippen LogP contribution < -0.4 is 10.6 Å². The molecule has 0 fully saturated rings. The standard InChI is InChI=1S/C15H19N3OS/c1-11-18-14(10-20-11)12-5-3-6-13(9-12)15(19)17-8-4-7-16-2/h3,5-6,9-10,16H,4,7-8H2,1-2H3,(H,17,19). The van der Waals surface area contributed by atoms with Gasteiger partial charge in [-0.05, 0) is 39.1 Å². The molecule has 4 nitrogen and oxygen atoms in total. The normalized spacial score (nSPS) is 10.5. The molecule has 0 aliphatic carbocycles. The van der Waals surface area contributed by atoms with Crippen LogP contribution in [0.4, 0.5) is 0 Å². The molecule has 2 N–H and O–H groups in total. The van der Waals surface area contributed by atoms with Gasteiger partial charge in [0, 0.05) is 23.1 Å². The summed E-state index contributed by atoms with van der Waals surface area (Å²) in [7, 11) is 1.90. The van der Waals surface area contributed by atoms with E-state index in [0.29, 0.717) is 12.1 Å². The van der Waals surface area contributed by atoms with Gasteiger partial charge in [0.15, 0.2) is 0 Å². The van der Waals surface area contributed by atoms with Gasteiger partial charge < -0.3 is 10.6 Å². The molecule has 1 aromatic heterocycles. The van der Waals surface area contributed by atoms with Crippen molar-refractivity contribution in [3.8, 4) is 11.3 Å². The fraction of sp³-hybridized carbons (Fsp3) is 0.333. The first kappa shape index (κ1) is 14.7. The maximum atomic E-state index is 12.0. The molecule has 0 atom stereocenters. The van der Waals surface area contributed by atoms with Crippen LogP contribution in [0, 0.1) is 6.92 Å². The van der Waals surface area contributed by atoms with E-state index in [2.05, 4.69) is 15.6 Å². The number of thiazole rings is 1. The molecular weight excluding hydrogens is 270 g/mol. The Labute approximate surface area is 123 Å². The molecule has 0 saturated heterocycles. The van der Waals surface area contributed by atoms with Crippen molar-refractivity contribution in [2.45, 2.75) is 13.3 Å². The quantitative estimate of drug-likeness (QED) is 0.803. The molecule has 0 radical (unpaired) electrons. The smallest absolute Gasteiger partial charge is 0.251 e. The van der Waals surface area contributed by atoms with E-state index in [9.17, 15) is 4.79 Å². The van der Waals surface area contributed by atoms with Crippen molar-refractivity contribution < 1.29 is 4.79 Å². The predicted octanol–water partition coefficient (Wildman–Crippen LogP) is 2.46. The van der Waals surface area contributed by atoms with E-state index in [4.69, 9.17) is 0 Å². The van der Waals surface area contributed by atoms with Crippen LogP contribution in [-0.2, 0) is 0 Å². The Kier molecular flexibility index (Phi) is 5.26. The Bertz CT molecular complexity index is 580. The first-order valence-electron chi connectivity index (χ1n) is 6.66. The molecule has 5 heteroatoms. The van der Waals surface area contributed by atoms with Crippen molar-refractivity contribution in [3.63, 3.8) is 0 Å². The third-order valence-corrected chi connectivity index (χ3v) is 3.70. The second-order valence-electron chi connectivity index (χ2n) is 4.55. The Morgan fingerprint density at radius 1 is 1.35 bits per heavy atom. The van der Waals surface area contributed by atoms with E-state index >= 15 is 0 Å². The fourth-order valence-electron chi connectivity index (χ4n) is 1.88. The highest BCUT2D eigenvalue weighted by molar-refractivity contribution is 7.09. The number of nitrogens with one attached hydrogen (secondary N) is 2. The third-order valence-electron chi connectivity index (χ3n) is 2.93. The Morgan fingerprint density at radius 2 is 2.20 bits per heavy atom. The molecule has 106 valence electrons. The van der Waals surface area contributed by atoms with Crippen LogP contribution >= 0.6 is 11.3 Å². The van der Waals surface area contributed by atoms with Gasteiger partial charge in [0.1, 0.15) is 0 Å². The van der Waals surface area contributed by atoms with Gasteiger partial charge in [-0.2, -0.15) is 0 Å². The van der Waals surface area contributed by atoms with Crippen molar-refractivity contribution in [1.82, 2.24) is 15.6 Å². The van der Waals surface area contributed by atoms with Gasteiger partial charge >= 0.3 is 0 Å². The average molecular weight is 289 g/mol. The lowest BCUT2D eigenvalue weighted by atomic mass is 10.1. The molecule has 2 rings (SSSR count). The van der Waals surface area contributed by atoms with Crippen LogP contribution in [0.1, 0.15) is 21.8 Å². The van der Waals surface area contributed by atoms with Crippen molar-refractivity contribution in [3.05, 3.63) is 40.2 Å². The molecule has 0 saturated carbocycles. The highest BCUT2D eigenvalue weighted by Gasteiger charge is 2.08. The Hall–Kier alpha value is -1.72. The first-order chi connectivity index (χ1) is 9.70. The summed E-state index contributed by atoms with van der Waals surface area (Å²) < 4.78 is 0. The number of carbonyl (C=O) groups is 1. The van der Waals surface area contributed by atoms with E-state index in [1.54, 1.807) is 11.3 Å². The third kappa shape index (κ3) is 3.88. The van der Waals surface area contributed by atoms with Gasteiger partial charge in [0.25, 0.3) is 5.91 Å². The van der Waals surface area contributed by atoms with Crippen LogP contribution in [0.15, 0.2) is 29.6 Å². The van der Waals surface area contributed by atoms with Crippen LogP contribution in [0.5, 0.6) is 0 Å². The first-order valence-corrected chi connectivity index (χ1v) is 7.54. The van der Waals surface area contributed by atoms with E-state index < -0.39 is 0 Å². The second kappa shape index (κ2) is 7.17.